The largest absolute Gasteiger partial charge is 0.309 e. The van der Waals surface area contributed by atoms with Crippen molar-refractivity contribution < 1.29 is 8.78 Å². The maximum Gasteiger partial charge on any atom is 0.251 e. The molecule has 0 atom stereocenters. The van der Waals surface area contributed by atoms with Crippen molar-refractivity contribution in [2.45, 2.75) is 31.4 Å². The van der Waals surface area contributed by atoms with E-state index in [4.69, 9.17) is 11.6 Å². The zero-order chi connectivity index (χ0) is 10.2. The average Bonchev–Trinajstić information content (AvgIpc) is 2.44. The lowest BCUT2D eigenvalue weighted by Crippen LogP contribution is -2.48. The second-order valence-corrected chi connectivity index (χ2v) is 5.14. The first kappa shape index (κ1) is 10.3. The number of rotatable bonds is 3. The van der Waals surface area contributed by atoms with Crippen molar-refractivity contribution in [1.82, 2.24) is 5.32 Å². The predicted octanol–water partition coefficient (Wildman–Crippen LogP) is 3.29. The Morgan fingerprint density at radius 3 is 2.79 bits per heavy atom. The predicted molar refractivity (Wildman–Crippen MR) is 54.1 cm³/mol. The molecule has 1 aliphatic carbocycles. The molecule has 1 heterocycles. The molecule has 1 saturated carbocycles. The number of alkyl halides is 2. The van der Waals surface area contributed by atoms with Gasteiger partial charge in [0.15, 0.2) is 0 Å². The van der Waals surface area contributed by atoms with E-state index in [9.17, 15) is 8.78 Å². The van der Waals surface area contributed by atoms with Crippen LogP contribution in [0.3, 0.4) is 0 Å². The molecular weight excluding hydrogens is 228 g/mol. The maximum atomic E-state index is 12.5. The lowest BCUT2D eigenvalue weighted by atomic mass is 9.88. The summed E-state index contributed by atoms with van der Waals surface area (Å²) in [4.78, 5) is 0. The zero-order valence-electron chi connectivity index (χ0n) is 7.40. The summed E-state index contributed by atoms with van der Waals surface area (Å²) >= 11 is 7.20. The number of halogens is 3. The highest BCUT2D eigenvalue weighted by Gasteiger charge is 2.44. The van der Waals surface area contributed by atoms with Crippen LogP contribution in [0.1, 0.15) is 18.4 Å². The summed E-state index contributed by atoms with van der Waals surface area (Å²) in [6, 6.07) is 1.82. The maximum absolute atomic E-state index is 12.5. The van der Waals surface area contributed by atoms with Gasteiger partial charge in [0.05, 0.1) is 4.34 Å². The molecule has 5 heteroatoms. The molecule has 0 radical (unpaired) electrons. The lowest BCUT2D eigenvalue weighted by molar-refractivity contribution is -0.0930. The molecule has 1 aromatic rings. The summed E-state index contributed by atoms with van der Waals surface area (Å²) in [5.41, 5.74) is 1.07. The Morgan fingerprint density at radius 1 is 1.57 bits per heavy atom. The van der Waals surface area contributed by atoms with Crippen LogP contribution in [0.25, 0.3) is 0 Å². The van der Waals surface area contributed by atoms with E-state index in [0.29, 0.717) is 6.54 Å². The highest BCUT2D eigenvalue weighted by molar-refractivity contribution is 7.14. The van der Waals surface area contributed by atoms with Gasteiger partial charge >= 0.3 is 0 Å². The van der Waals surface area contributed by atoms with Gasteiger partial charge < -0.3 is 5.32 Å². The minimum absolute atomic E-state index is 0.0368. The molecular formula is C9H10ClF2NS. The van der Waals surface area contributed by atoms with Gasteiger partial charge in [-0.25, -0.2) is 8.78 Å². The first-order chi connectivity index (χ1) is 6.55. The van der Waals surface area contributed by atoms with Crippen LogP contribution in [0.15, 0.2) is 11.4 Å². The third kappa shape index (κ3) is 2.43. The van der Waals surface area contributed by atoms with E-state index in [2.05, 4.69) is 5.32 Å². The number of thiophene rings is 1. The standard InChI is InChI=1S/C9H10ClF2NS/c10-8-1-6(5-14-8)4-13-7-2-9(11,12)3-7/h1,5,7,13H,2-4H2. The summed E-state index contributed by atoms with van der Waals surface area (Å²) in [5.74, 6) is -2.44. The van der Waals surface area contributed by atoms with E-state index in [-0.39, 0.29) is 18.9 Å². The molecule has 0 amide bonds. The molecule has 1 aromatic heterocycles. The molecule has 0 bridgehead atoms. The van der Waals surface area contributed by atoms with Crippen LogP contribution < -0.4 is 5.32 Å². The van der Waals surface area contributed by atoms with Crippen LogP contribution in [0.2, 0.25) is 4.34 Å². The highest BCUT2D eigenvalue weighted by atomic mass is 35.5. The molecule has 1 nitrogen and oxygen atoms in total. The molecule has 1 fully saturated rings. The summed E-state index contributed by atoms with van der Waals surface area (Å²) in [5, 5.41) is 5.01. The van der Waals surface area contributed by atoms with Crippen LogP contribution in [-0.2, 0) is 6.54 Å². The molecule has 0 saturated heterocycles. The third-order valence-corrected chi connectivity index (χ3v) is 3.45. The van der Waals surface area contributed by atoms with Crippen LogP contribution >= 0.6 is 22.9 Å². The molecule has 0 spiro atoms. The van der Waals surface area contributed by atoms with Crippen molar-refractivity contribution in [1.29, 1.82) is 0 Å². The van der Waals surface area contributed by atoms with Crippen LogP contribution in [0, 0.1) is 0 Å². The van der Waals surface area contributed by atoms with E-state index in [0.717, 1.165) is 9.90 Å². The van der Waals surface area contributed by atoms with Gasteiger partial charge in [-0.3, -0.25) is 0 Å². The molecule has 78 valence electrons. The topological polar surface area (TPSA) is 12.0 Å². The second kappa shape index (κ2) is 3.76. The normalized spacial score (nSPS) is 20.8. The minimum atomic E-state index is -2.44. The minimum Gasteiger partial charge on any atom is -0.309 e. The fraction of sp³-hybridized carbons (Fsp3) is 0.556. The fourth-order valence-corrected chi connectivity index (χ4v) is 2.41. The van der Waals surface area contributed by atoms with E-state index in [1.165, 1.54) is 11.3 Å². The number of nitrogens with one attached hydrogen (secondary N) is 1. The third-order valence-electron chi connectivity index (χ3n) is 2.31. The lowest BCUT2D eigenvalue weighted by Gasteiger charge is -2.35. The van der Waals surface area contributed by atoms with Gasteiger partial charge in [-0.1, -0.05) is 11.6 Å². The van der Waals surface area contributed by atoms with Gasteiger partial charge in [0.1, 0.15) is 0 Å². The second-order valence-electron chi connectivity index (χ2n) is 3.60. The highest BCUT2D eigenvalue weighted by Crippen LogP contribution is 2.37. The SMILES string of the molecule is FC1(F)CC(NCc2csc(Cl)c2)C1. The van der Waals surface area contributed by atoms with Crippen LogP contribution in [0.5, 0.6) is 0 Å². The van der Waals surface area contributed by atoms with Crippen molar-refractivity contribution >= 4 is 22.9 Å². The molecule has 0 unspecified atom stereocenters. The Labute approximate surface area is 90.1 Å². The number of hydrogen-bond acceptors (Lipinski definition) is 2. The van der Waals surface area contributed by atoms with Gasteiger partial charge in [-0.15, -0.1) is 11.3 Å². The van der Waals surface area contributed by atoms with E-state index < -0.39 is 5.92 Å². The summed E-state index contributed by atoms with van der Waals surface area (Å²) < 4.78 is 25.7. The van der Waals surface area contributed by atoms with E-state index >= 15 is 0 Å². The Kier molecular flexibility index (Phi) is 2.77. The van der Waals surface area contributed by atoms with Gasteiger partial charge in [0, 0.05) is 25.4 Å². The van der Waals surface area contributed by atoms with Crippen LogP contribution in [0.4, 0.5) is 8.78 Å². The monoisotopic (exact) mass is 237 g/mol. The smallest absolute Gasteiger partial charge is 0.251 e. The zero-order valence-corrected chi connectivity index (χ0v) is 8.97. The quantitative estimate of drug-likeness (QED) is 0.851. The molecule has 14 heavy (non-hydrogen) atoms. The first-order valence-electron chi connectivity index (χ1n) is 4.39. The molecule has 0 aliphatic heterocycles. The van der Waals surface area contributed by atoms with Crippen molar-refractivity contribution in [3.05, 3.63) is 21.3 Å². The molecule has 1 aliphatic rings. The Hall–Kier alpha value is -0.190. The summed E-state index contributed by atoms with van der Waals surface area (Å²) in [6.07, 6.45) is -0.0737. The van der Waals surface area contributed by atoms with Gasteiger partial charge in [0.25, 0.3) is 5.92 Å². The first-order valence-corrected chi connectivity index (χ1v) is 5.65. The van der Waals surface area contributed by atoms with E-state index in [1.54, 1.807) is 0 Å². The fourth-order valence-electron chi connectivity index (χ4n) is 1.51. The average molecular weight is 238 g/mol. The molecule has 1 N–H and O–H groups in total. The summed E-state index contributed by atoms with van der Waals surface area (Å²) in [7, 11) is 0. The molecule has 0 aromatic carbocycles. The van der Waals surface area contributed by atoms with Crippen molar-refractivity contribution in [2.75, 3.05) is 0 Å². The van der Waals surface area contributed by atoms with Gasteiger partial charge in [-0.05, 0) is 17.0 Å². The number of hydrogen-bond donors (Lipinski definition) is 1. The Bertz CT molecular complexity index is 318. The van der Waals surface area contributed by atoms with Crippen molar-refractivity contribution in [3.63, 3.8) is 0 Å². The van der Waals surface area contributed by atoms with Crippen molar-refractivity contribution in [3.8, 4) is 0 Å². The Balaban J connectivity index is 1.74. The Morgan fingerprint density at radius 2 is 2.29 bits per heavy atom. The van der Waals surface area contributed by atoms with Gasteiger partial charge in [0.2, 0.25) is 0 Å². The van der Waals surface area contributed by atoms with E-state index in [1.807, 2.05) is 11.4 Å². The van der Waals surface area contributed by atoms with Crippen molar-refractivity contribution in [2.24, 2.45) is 0 Å². The molecule has 2 rings (SSSR count). The van der Waals surface area contributed by atoms with Crippen LogP contribution in [-0.4, -0.2) is 12.0 Å². The van der Waals surface area contributed by atoms with Gasteiger partial charge in [-0.2, -0.15) is 0 Å². The summed E-state index contributed by atoms with van der Waals surface area (Å²) in [6.45, 7) is 0.629.